The van der Waals surface area contributed by atoms with Gasteiger partial charge in [-0.05, 0) is 33.6 Å². The van der Waals surface area contributed by atoms with Gasteiger partial charge in [0.15, 0.2) is 0 Å². The molecule has 1 aliphatic heterocycles. The minimum Gasteiger partial charge on any atom is -0.468 e. The number of alkyl carbamates (subject to hydrolysis) is 1. The molecule has 0 aromatic rings. The Morgan fingerprint density at radius 1 is 1.28 bits per heavy atom. The van der Waals surface area contributed by atoms with E-state index < -0.39 is 11.7 Å². The zero-order valence-electron chi connectivity index (χ0n) is 11.3. The van der Waals surface area contributed by atoms with Crippen molar-refractivity contribution in [2.45, 2.75) is 50.5 Å². The fraction of sp³-hybridized carbons (Fsp3) is 0.833. The molecule has 0 spiro atoms. The molecule has 0 radical (unpaired) electrons. The molecule has 0 saturated carbocycles. The number of esters is 1. The van der Waals surface area contributed by atoms with Crippen molar-refractivity contribution in [1.82, 2.24) is 5.32 Å². The predicted octanol–water partition coefficient (Wildman–Crippen LogP) is 1.95. The number of rotatable bonds is 2. The smallest absolute Gasteiger partial charge is 0.407 e. The Labute approximate surface area is 112 Å². The zero-order chi connectivity index (χ0) is 13.8. The van der Waals surface area contributed by atoms with Crippen LogP contribution in [0.4, 0.5) is 4.79 Å². The number of carbonyl (C=O) groups is 2. The van der Waals surface area contributed by atoms with E-state index in [4.69, 9.17) is 9.47 Å². The number of thioether (sulfide) groups is 1. The minimum absolute atomic E-state index is 0.0609. The highest BCUT2D eigenvalue weighted by Crippen LogP contribution is 2.26. The molecule has 1 aliphatic rings. The van der Waals surface area contributed by atoms with Crippen LogP contribution in [0.2, 0.25) is 0 Å². The summed E-state index contributed by atoms with van der Waals surface area (Å²) in [7, 11) is 1.40. The van der Waals surface area contributed by atoms with Crippen LogP contribution in [0.1, 0.15) is 33.6 Å². The van der Waals surface area contributed by atoms with Gasteiger partial charge in [-0.2, -0.15) is 0 Å². The third-order valence-electron chi connectivity index (χ3n) is 2.46. The Kier molecular flexibility index (Phi) is 5.31. The van der Waals surface area contributed by atoms with E-state index in [0.29, 0.717) is 5.75 Å². The fourth-order valence-corrected chi connectivity index (χ4v) is 2.91. The van der Waals surface area contributed by atoms with E-state index in [1.54, 1.807) is 0 Å². The molecular weight excluding hydrogens is 254 g/mol. The largest absolute Gasteiger partial charge is 0.468 e. The number of hydrogen-bond donors (Lipinski definition) is 1. The maximum absolute atomic E-state index is 11.6. The van der Waals surface area contributed by atoms with Crippen LogP contribution in [0.5, 0.6) is 0 Å². The Morgan fingerprint density at radius 2 is 1.94 bits per heavy atom. The summed E-state index contributed by atoms with van der Waals surface area (Å²) in [6.45, 7) is 5.49. The van der Waals surface area contributed by atoms with E-state index >= 15 is 0 Å². The number of ether oxygens (including phenoxy) is 2. The number of hydrogen-bond acceptors (Lipinski definition) is 5. The molecule has 0 aliphatic carbocycles. The monoisotopic (exact) mass is 275 g/mol. The second-order valence-corrected chi connectivity index (χ2v) is 6.50. The van der Waals surface area contributed by atoms with Gasteiger partial charge < -0.3 is 14.8 Å². The molecular formula is C12H21NO4S. The highest BCUT2D eigenvalue weighted by Gasteiger charge is 2.29. The van der Waals surface area contributed by atoms with E-state index in [2.05, 4.69) is 5.32 Å². The van der Waals surface area contributed by atoms with E-state index in [1.165, 1.54) is 18.9 Å². The Morgan fingerprint density at radius 3 is 2.39 bits per heavy atom. The van der Waals surface area contributed by atoms with Crippen molar-refractivity contribution in [1.29, 1.82) is 0 Å². The first-order valence-corrected chi connectivity index (χ1v) is 7.05. The van der Waals surface area contributed by atoms with Crippen LogP contribution in [0.3, 0.4) is 0 Å². The summed E-state index contributed by atoms with van der Waals surface area (Å²) in [5, 5.41) is 2.71. The third kappa shape index (κ3) is 5.16. The molecule has 0 bridgehead atoms. The first-order chi connectivity index (χ1) is 8.31. The summed E-state index contributed by atoms with van der Waals surface area (Å²) in [6.07, 6.45) is 1.09. The average molecular weight is 275 g/mol. The van der Waals surface area contributed by atoms with Crippen LogP contribution in [-0.4, -0.2) is 41.8 Å². The van der Waals surface area contributed by atoms with E-state index in [9.17, 15) is 9.59 Å². The molecule has 1 saturated heterocycles. The second-order valence-electron chi connectivity index (χ2n) is 5.27. The second kappa shape index (κ2) is 6.31. The van der Waals surface area contributed by atoms with Crippen LogP contribution < -0.4 is 5.32 Å². The summed E-state index contributed by atoms with van der Waals surface area (Å²) < 4.78 is 9.89. The molecule has 0 aromatic heterocycles. The maximum atomic E-state index is 11.6. The lowest BCUT2D eigenvalue weighted by Gasteiger charge is -2.28. The third-order valence-corrected chi connectivity index (χ3v) is 3.89. The van der Waals surface area contributed by atoms with E-state index in [-0.39, 0.29) is 17.3 Å². The molecule has 104 valence electrons. The van der Waals surface area contributed by atoms with Crippen molar-refractivity contribution in [3.05, 3.63) is 0 Å². The van der Waals surface area contributed by atoms with Crippen molar-refractivity contribution >= 4 is 23.8 Å². The van der Waals surface area contributed by atoms with Gasteiger partial charge >= 0.3 is 12.1 Å². The summed E-state index contributed by atoms with van der Waals surface area (Å²) >= 11 is 1.52. The standard InChI is InChI=1S/C12H21NO4S/c1-12(2,3)17-11(15)13-8-5-6-9(18-7-8)10(14)16-4/h8-9H,5-7H2,1-4H3,(H,13,15). The maximum Gasteiger partial charge on any atom is 0.407 e. The lowest BCUT2D eigenvalue weighted by molar-refractivity contribution is -0.140. The summed E-state index contributed by atoms with van der Waals surface area (Å²) in [4.78, 5) is 22.9. The van der Waals surface area contributed by atoms with Gasteiger partial charge in [-0.1, -0.05) is 0 Å². The first kappa shape index (κ1) is 15.1. The molecule has 2 atom stereocenters. The van der Waals surface area contributed by atoms with Crippen molar-refractivity contribution in [3.8, 4) is 0 Å². The number of carbonyl (C=O) groups excluding carboxylic acids is 2. The Hall–Kier alpha value is -0.910. The lowest BCUT2D eigenvalue weighted by Crippen LogP contribution is -2.43. The van der Waals surface area contributed by atoms with Crippen molar-refractivity contribution in [2.75, 3.05) is 12.9 Å². The van der Waals surface area contributed by atoms with Crippen molar-refractivity contribution < 1.29 is 19.1 Å². The summed E-state index contributed by atoms with van der Waals surface area (Å²) in [6, 6.07) is 0.0609. The minimum atomic E-state index is -0.486. The predicted molar refractivity (Wildman–Crippen MR) is 70.7 cm³/mol. The number of amides is 1. The van der Waals surface area contributed by atoms with E-state index in [0.717, 1.165) is 12.8 Å². The van der Waals surface area contributed by atoms with Crippen molar-refractivity contribution in [2.24, 2.45) is 0 Å². The molecule has 1 N–H and O–H groups in total. The quantitative estimate of drug-likeness (QED) is 0.780. The van der Waals surface area contributed by atoms with Crippen LogP contribution in [0, 0.1) is 0 Å². The molecule has 0 aromatic carbocycles. The number of nitrogens with one attached hydrogen (secondary N) is 1. The highest BCUT2D eigenvalue weighted by molar-refractivity contribution is 8.00. The molecule has 1 amide bonds. The topological polar surface area (TPSA) is 64.6 Å². The van der Waals surface area contributed by atoms with Gasteiger partial charge in [0.1, 0.15) is 10.9 Å². The van der Waals surface area contributed by atoms with Gasteiger partial charge in [-0.15, -0.1) is 11.8 Å². The molecule has 1 heterocycles. The van der Waals surface area contributed by atoms with Crippen LogP contribution >= 0.6 is 11.8 Å². The van der Waals surface area contributed by atoms with Crippen LogP contribution in [0.15, 0.2) is 0 Å². The molecule has 18 heavy (non-hydrogen) atoms. The Bertz CT molecular complexity index is 306. The van der Waals surface area contributed by atoms with Gasteiger partial charge in [0.2, 0.25) is 0 Å². The van der Waals surface area contributed by atoms with Gasteiger partial charge in [-0.3, -0.25) is 4.79 Å². The van der Waals surface area contributed by atoms with E-state index in [1.807, 2.05) is 20.8 Å². The SMILES string of the molecule is COC(=O)C1CCC(NC(=O)OC(C)(C)C)CS1. The molecule has 5 nitrogen and oxygen atoms in total. The summed E-state index contributed by atoms with van der Waals surface area (Å²) in [5.41, 5.74) is -0.486. The van der Waals surface area contributed by atoms with Crippen molar-refractivity contribution in [3.63, 3.8) is 0 Å². The average Bonchev–Trinajstić information content (AvgIpc) is 2.26. The zero-order valence-corrected chi connectivity index (χ0v) is 12.1. The molecule has 6 heteroatoms. The lowest BCUT2D eigenvalue weighted by atomic mass is 10.1. The van der Waals surface area contributed by atoms with Gasteiger partial charge in [0, 0.05) is 11.8 Å². The molecule has 1 rings (SSSR count). The first-order valence-electron chi connectivity index (χ1n) is 6.01. The molecule has 1 fully saturated rings. The van der Waals surface area contributed by atoms with Gasteiger partial charge in [0.05, 0.1) is 7.11 Å². The van der Waals surface area contributed by atoms with Crippen LogP contribution in [-0.2, 0) is 14.3 Å². The van der Waals surface area contributed by atoms with Gasteiger partial charge in [-0.25, -0.2) is 4.79 Å². The highest BCUT2D eigenvalue weighted by atomic mass is 32.2. The number of methoxy groups -OCH3 is 1. The summed E-state index contributed by atoms with van der Waals surface area (Å²) in [5.74, 6) is 0.523. The fourth-order valence-electron chi connectivity index (χ4n) is 1.66. The normalized spacial score (nSPS) is 24.2. The van der Waals surface area contributed by atoms with Gasteiger partial charge in [0.25, 0.3) is 0 Å². The Balaban J connectivity index is 2.31. The molecule has 2 unspecified atom stereocenters. The van der Waals surface area contributed by atoms with Crippen LogP contribution in [0.25, 0.3) is 0 Å².